The second kappa shape index (κ2) is 6.85. The van der Waals surface area contributed by atoms with Crippen LogP contribution in [0.5, 0.6) is 0 Å². The molecule has 0 aromatic carbocycles. The predicted molar refractivity (Wildman–Crippen MR) is 59.1 cm³/mol. The van der Waals surface area contributed by atoms with Gasteiger partial charge in [0.15, 0.2) is 0 Å². The van der Waals surface area contributed by atoms with Crippen molar-refractivity contribution in [1.29, 1.82) is 0 Å². The standard InChI is InChI=1S/C10H18N2O5/c1-5(2)8(11-6(3)14)9(15)12-7(4-13)10(16)17/h5,7-8,13H,4H2,1-3H3,(H,11,14)(H,12,15)(H,16,17)/t7-,8?/m0/s1. The Morgan fingerprint density at radius 3 is 2.00 bits per heavy atom. The van der Waals surface area contributed by atoms with Gasteiger partial charge in [0.05, 0.1) is 6.61 Å². The highest BCUT2D eigenvalue weighted by Crippen LogP contribution is 2.02. The van der Waals surface area contributed by atoms with E-state index in [4.69, 9.17) is 10.2 Å². The molecule has 4 N–H and O–H groups in total. The molecular formula is C10H18N2O5. The summed E-state index contributed by atoms with van der Waals surface area (Å²) in [6, 6.07) is -2.18. The Labute approximate surface area is 99.2 Å². The molecule has 0 rings (SSSR count). The van der Waals surface area contributed by atoms with Gasteiger partial charge in [0, 0.05) is 6.92 Å². The topological polar surface area (TPSA) is 116 Å². The Morgan fingerprint density at radius 1 is 1.18 bits per heavy atom. The summed E-state index contributed by atoms with van der Waals surface area (Å²) in [4.78, 5) is 33.2. The number of hydrogen-bond acceptors (Lipinski definition) is 4. The molecule has 0 saturated carbocycles. The molecule has 0 saturated heterocycles. The van der Waals surface area contributed by atoms with Gasteiger partial charge in [-0.15, -0.1) is 0 Å². The van der Waals surface area contributed by atoms with E-state index in [9.17, 15) is 14.4 Å². The second-order valence-electron chi connectivity index (χ2n) is 4.00. The highest BCUT2D eigenvalue weighted by atomic mass is 16.4. The molecule has 0 aliphatic carbocycles. The Morgan fingerprint density at radius 2 is 1.71 bits per heavy atom. The van der Waals surface area contributed by atoms with Crippen LogP contribution in [0.15, 0.2) is 0 Å². The van der Waals surface area contributed by atoms with E-state index in [-0.39, 0.29) is 11.8 Å². The summed E-state index contributed by atoms with van der Waals surface area (Å²) in [7, 11) is 0. The summed E-state index contributed by atoms with van der Waals surface area (Å²) in [5, 5.41) is 22.0. The van der Waals surface area contributed by atoms with Gasteiger partial charge in [0.2, 0.25) is 11.8 Å². The molecule has 0 radical (unpaired) electrons. The first-order valence-corrected chi connectivity index (χ1v) is 5.20. The summed E-state index contributed by atoms with van der Waals surface area (Å²) in [6.45, 7) is 4.00. The lowest BCUT2D eigenvalue weighted by Crippen LogP contribution is -2.54. The lowest BCUT2D eigenvalue weighted by Gasteiger charge is -2.22. The molecule has 0 fully saturated rings. The zero-order valence-electron chi connectivity index (χ0n) is 10.1. The smallest absolute Gasteiger partial charge is 0.328 e. The van der Waals surface area contributed by atoms with Crippen LogP contribution < -0.4 is 10.6 Å². The molecule has 1 unspecified atom stereocenters. The Balaban J connectivity index is 4.62. The molecule has 0 spiro atoms. The molecule has 0 aliphatic heterocycles. The maximum absolute atomic E-state index is 11.7. The van der Waals surface area contributed by atoms with E-state index in [0.717, 1.165) is 0 Å². The Kier molecular flexibility index (Phi) is 6.19. The normalized spacial score (nSPS) is 13.9. The van der Waals surface area contributed by atoms with Gasteiger partial charge >= 0.3 is 5.97 Å². The lowest BCUT2D eigenvalue weighted by molar-refractivity contribution is -0.143. The molecule has 0 aliphatic rings. The van der Waals surface area contributed by atoms with E-state index in [1.54, 1.807) is 13.8 Å². The van der Waals surface area contributed by atoms with Gasteiger partial charge in [-0.05, 0) is 5.92 Å². The van der Waals surface area contributed by atoms with Crippen molar-refractivity contribution in [3.8, 4) is 0 Å². The van der Waals surface area contributed by atoms with Crippen LogP contribution >= 0.6 is 0 Å². The molecule has 0 aromatic heterocycles. The number of aliphatic hydroxyl groups excluding tert-OH is 1. The first kappa shape index (κ1) is 15.4. The SMILES string of the molecule is CC(=O)NC(C(=O)N[C@@H](CO)C(=O)O)C(C)C. The highest BCUT2D eigenvalue weighted by molar-refractivity contribution is 5.90. The molecule has 7 nitrogen and oxygen atoms in total. The van der Waals surface area contributed by atoms with Crippen LogP contribution in [0.1, 0.15) is 20.8 Å². The summed E-state index contributed by atoms with van der Waals surface area (Å²) in [5.41, 5.74) is 0. The number of amides is 2. The summed E-state index contributed by atoms with van der Waals surface area (Å²) >= 11 is 0. The predicted octanol–water partition coefficient (Wildman–Crippen LogP) is -1.29. The molecule has 2 amide bonds. The first-order chi connectivity index (χ1) is 7.79. The Bertz CT molecular complexity index is 303. The van der Waals surface area contributed by atoms with E-state index in [0.29, 0.717) is 0 Å². The number of hydrogen-bond donors (Lipinski definition) is 4. The fourth-order valence-electron chi connectivity index (χ4n) is 1.20. The average Bonchev–Trinajstić information content (AvgIpc) is 2.20. The van der Waals surface area contributed by atoms with Crippen LogP contribution in [0.25, 0.3) is 0 Å². The molecule has 0 bridgehead atoms. The number of aliphatic carboxylic acids is 1. The minimum atomic E-state index is -1.36. The van der Waals surface area contributed by atoms with E-state index in [1.165, 1.54) is 6.92 Å². The summed E-state index contributed by atoms with van der Waals surface area (Å²) in [6.07, 6.45) is 0. The molecule has 98 valence electrons. The number of nitrogens with one attached hydrogen (secondary N) is 2. The maximum Gasteiger partial charge on any atom is 0.328 e. The Hall–Kier alpha value is -1.63. The maximum atomic E-state index is 11.7. The number of carboxylic acids is 1. The van der Waals surface area contributed by atoms with Crippen molar-refractivity contribution >= 4 is 17.8 Å². The van der Waals surface area contributed by atoms with Crippen LogP contribution in [-0.4, -0.2) is 46.7 Å². The number of carbonyl (C=O) groups is 3. The fraction of sp³-hybridized carbons (Fsp3) is 0.700. The molecular weight excluding hydrogens is 228 g/mol. The van der Waals surface area contributed by atoms with Crippen molar-refractivity contribution in [2.45, 2.75) is 32.9 Å². The third-order valence-corrected chi connectivity index (χ3v) is 2.11. The van der Waals surface area contributed by atoms with Crippen molar-refractivity contribution in [2.24, 2.45) is 5.92 Å². The van der Waals surface area contributed by atoms with Crippen LogP contribution in [0, 0.1) is 5.92 Å². The summed E-state index contributed by atoms with van der Waals surface area (Å²) in [5.74, 6) is -2.52. The van der Waals surface area contributed by atoms with Crippen LogP contribution in [0.2, 0.25) is 0 Å². The third kappa shape index (κ3) is 5.30. The highest BCUT2D eigenvalue weighted by Gasteiger charge is 2.27. The van der Waals surface area contributed by atoms with Gasteiger partial charge in [-0.3, -0.25) is 9.59 Å². The van der Waals surface area contributed by atoms with Crippen molar-refractivity contribution in [1.82, 2.24) is 10.6 Å². The van der Waals surface area contributed by atoms with Gasteiger partial charge < -0.3 is 20.8 Å². The zero-order valence-corrected chi connectivity index (χ0v) is 10.1. The first-order valence-electron chi connectivity index (χ1n) is 5.20. The van der Waals surface area contributed by atoms with E-state index < -0.39 is 30.6 Å². The van der Waals surface area contributed by atoms with Gasteiger partial charge in [-0.1, -0.05) is 13.8 Å². The number of carbonyl (C=O) groups excluding carboxylic acids is 2. The monoisotopic (exact) mass is 246 g/mol. The third-order valence-electron chi connectivity index (χ3n) is 2.11. The van der Waals surface area contributed by atoms with Gasteiger partial charge in [0.25, 0.3) is 0 Å². The average molecular weight is 246 g/mol. The molecule has 17 heavy (non-hydrogen) atoms. The minimum absolute atomic E-state index is 0.188. The van der Waals surface area contributed by atoms with E-state index in [2.05, 4.69) is 10.6 Å². The quantitative estimate of drug-likeness (QED) is 0.465. The van der Waals surface area contributed by atoms with E-state index >= 15 is 0 Å². The van der Waals surface area contributed by atoms with Crippen molar-refractivity contribution in [2.75, 3.05) is 6.61 Å². The molecule has 0 heterocycles. The second-order valence-corrected chi connectivity index (χ2v) is 4.00. The fourth-order valence-corrected chi connectivity index (χ4v) is 1.20. The molecule has 2 atom stereocenters. The van der Waals surface area contributed by atoms with Crippen LogP contribution in [-0.2, 0) is 14.4 Å². The molecule has 0 aromatic rings. The number of aliphatic hydroxyl groups is 1. The lowest BCUT2D eigenvalue weighted by atomic mass is 10.0. The summed E-state index contributed by atoms with van der Waals surface area (Å²) < 4.78 is 0. The van der Waals surface area contributed by atoms with E-state index in [1.807, 2.05) is 0 Å². The van der Waals surface area contributed by atoms with Crippen molar-refractivity contribution < 1.29 is 24.6 Å². The van der Waals surface area contributed by atoms with Crippen molar-refractivity contribution in [3.05, 3.63) is 0 Å². The minimum Gasteiger partial charge on any atom is -0.480 e. The van der Waals surface area contributed by atoms with Crippen molar-refractivity contribution in [3.63, 3.8) is 0 Å². The number of carboxylic acid groups (broad SMARTS) is 1. The zero-order chi connectivity index (χ0) is 13.6. The van der Waals surface area contributed by atoms with Crippen LogP contribution in [0.3, 0.4) is 0 Å². The number of rotatable bonds is 6. The van der Waals surface area contributed by atoms with Gasteiger partial charge in [0.1, 0.15) is 12.1 Å². The van der Waals surface area contributed by atoms with Gasteiger partial charge in [-0.25, -0.2) is 4.79 Å². The molecule has 7 heteroatoms. The van der Waals surface area contributed by atoms with Crippen LogP contribution in [0.4, 0.5) is 0 Å². The van der Waals surface area contributed by atoms with Gasteiger partial charge in [-0.2, -0.15) is 0 Å². The largest absolute Gasteiger partial charge is 0.480 e.